The average Bonchev–Trinajstić information content (AvgIpc) is 2.90. The number of pyridine rings is 1. The highest BCUT2D eigenvalue weighted by Gasteiger charge is 2.29. The lowest BCUT2D eigenvalue weighted by molar-refractivity contribution is -0.148. The number of fused-ring (bicyclic) bond motifs is 1. The molecule has 1 aliphatic rings. The summed E-state index contributed by atoms with van der Waals surface area (Å²) >= 11 is 0. The molecule has 0 spiro atoms. The average molecular weight is 468 g/mol. The number of nitrogens with zero attached hydrogens (tertiary/aromatic N) is 4. The van der Waals surface area contributed by atoms with E-state index < -0.39 is 0 Å². The van der Waals surface area contributed by atoms with Crippen LogP contribution in [-0.4, -0.2) is 45.5 Å². The lowest BCUT2D eigenvalue weighted by Crippen LogP contribution is -2.44. The predicted molar refractivity (Wildman–Crippen MR) is 137 cm³/mol. The number of methoxy groups -OCH3 is 1. The minimum Gasteiger partial charge on any atom is -0.468 e. The number of hydrogen-bond donors (Lipinski definition) is 1. The van der Waals surface area contributed by atoms with E-state index in [1.165, 1.54) is 18.2 Å². The molecule has 1 saturated heterocycles. The Bertz CT molecular complexity index is 1340. The third-order valence-electron chi connectivity index (χ3n) is 6.68. The number of hydrogen-bond acceptors (Lipinski definition) is 7. The second-order valence-corrected chi connectivity index (χ2v) is 8.91. The highest BCUT2D eigenvalue weighted by atomic mass is 16.5. The maximum Gasteiger partial charge on any atom is 0.323 e. The number of carbonyl (C=O) groups is 1. The zero-order valence-electron chi connectivity index (χ0n) is 20.1. The van der Waals surface area contributed by atoms with Gasteiger partial charge in [-0.05, 0) is 60.7 Å². The van der Waals surface area contributed by atoms with Crippen molar-refractivity contribution in [2.45, 2.75) is 38.8 Å². The zero-order valence-corrected chi connectivity index (χ0v) is 20.1. The molecule has 3 heterocycles. The molecule has 7 heteroatoms. The molecule has 1 N–H and O–H groups in total. The van der Waals surface area contributed by atoms with Crippen molar-refractivity contribution in [2.75, 3.05) is 19.0 Å². The van der Waals surface area contributed by atoms with Gasteiger partial charge in [-0.25, -0.2) is 9.97 Å². The van der Waals surface area contributed by atoms with Gasteiger partial charge in [0.05, 0.1) is 12.6 Å². The monoisotopic (exact) mass is 467 g/mol. The van der Waals surface area contributed by atoms with Crippen LogP contribution in [0.2, 0.25) is 0 Å². The van der Waals surface area contributed by atoms with Crippen LogP contribution in [0.4, 0.5) is 11.5 Å². The van der Waals surface area contributed by atoms with Gasteiger partial charge in [-0.3, -0.25) is 14.7 Å². The SMILES string of the molecule is COC(=O)C1CCCCN1Cc1cnc2c(Nc3cccc(-c4ccccc4)c3C)ncnc2c1. The lowest BCUT2D eigenvalue weighted by atomic mass is 9.99. The number of likely N-dealkylation sites (tertiary alicyclic amines) is 1. The number of esters is 1. The summed E-state index contributed by atoms with van der Waals surface area (Å²) in [6.07, 6.45) is 6.36. The van der Waals surface area contributed by atoms with Crippen molar-refractivity contribution in [1.82, 2.24) is 19.9 Å². The van der Waals surface area contributed by atoms with Gasteiger partial charge in [0.1, 0.15) is 17.9 Å². The molecule has 1 unspecified atom stereocenters. The van der Waals surface area contributed by atoms with Crippen LogP contribution in [0.1, 0.15) is 30.4 Å². The fraction of sp³-hybridized carbons (Fsp3) is 0.286. The van der Waals surface area contributed by atoms with Gasteiger partial charge in [-0.2, -0.15) is 0 Å². The molecule has 0 bridgehead atoms. The molecule has 5 rings (SSSR count). The molecule has 1 aliphatic heterocycles. The van der Waals surface area contributed by atoms with E-state index in [1.54, 1.807) is 6.33 Å². The third-order valence-corrected chi connectivity index (χ3v) is 6.68. The number of carbonyl (C=O) groups excluding carboxylic acids is 1. The molecule has 2 aromatic carbocycles. The van der Waals surface area contributed by atoms with Crippen LogP contribution < -0.4 is 5.32 Å². The van der Waals surface area contributed by atoms with Crippen LogP contribution in [0.3, 0.4) is 0 Å². The smallest absolute Gasteiger partial charge is 0.323 e. The fourth-order valence-corrected chi connectivity index (χ4v) is 4.81. The number of benzene rings is 2. The fourth-order valence-electron chi connectivity index (χ4n) is 4.81. The summed E-state index contributed by atoms with van der Waals surface area (Å²) in [5, 5.41) is 3.47. The molecule has 0 saturated carbocycles. The summed E-state index contributed by atoms with van der Waals surface area (Å²) in [6.45, 7) is 3.61. The van der Waals surface area contributed by atoms with E-state index >= 15 is 0 Å². The van der Waals surface area contributed by atoms with E-state index in [0.717, 1.165) is 48.1 Å². The van der Waals surface area contributed by atoms with Gasteiger partial charge in [0.25, 0.3) is 0 Å². The summed E-state index contributed by atoms with van der Waals surface area (Å²) in [5.74, 6) is 0.501. The Hall–Kier alpha value is -3.84. The van der Waals surface area contributed by atoms with Gasteiger partial charge in [-0.1, -0.05) is 48.9 Å². The quantitative estimate of drug-likeness (QED) is 0.387. The second kappa shape index (κ2) is 10.2. The van der Waals surface area contributed by atoms with Crippen molar-refractivity contribution in [3.63, 3.8) is 0 Å². The molecule has 1 atom stereocenters. The summed E-state index contributed by atoms with van der Waals surface area (Å²) in [6, 6.07) is 18.4. The van der Waals surface area contributed by atoms with Gasteiger partial charge in [0.15, 0.2) is 5.82 Å². The number of piperidine rings is 1. The third kappa shape index (κ3) is 4.86. The number of nitrogens with one attached hydrogen (secondary N) is 1. The van der Waals surface area contributed by atoms with Crippen LogP contribution in [0, 0.1) is 6.92 Å². The Labute approximate surface area is 205 Å². The van der Waals surface area contributed by atoms with Crippen LogP contribution >= 0.6 is 0 Å². The minimum absolute atomic E-state index is 0.166. The maximum absolute atomic E-state index is 12.2. The molecule has 0 radical (unpaired) electrons. The molecular formula is C28H29N5O2. The van der Waals surface area contributed by atoms with E-state index in [-0.39, 0.29) is 12.0 Å². The van der Waals surface area contributed by atoms with Crippen molar-refractivity contribution in [2.24, 2.45) is 0 Å². The first-order valence-electron chi connectivity index (χ1n) is 12.0. The van der Waals surface area contributed by atoms with Gasteiger partial charge in [0, 0.05) is 18.4 Å². The summed E-state index contributed by atoms with van der Waals surface area (Å²) in [5.41, 5.74) is 6.96. The van der Waals surface area contributed by atoms with E-state index in [2.05, 4.69) is 45.3 Å². The van der Waals surface area contributed by atoms with Crippen molar-refractivity contribution in [3.05, 3.63) is 78.2 Å². The Morgan fingerprint density at radius 2 is 1.94 bits per heavy atom. The van der Waals surface area contributed by atoms with Crippen molar-refractivity contribution >= 4 is 28.5 Å². The van der Waals surface area contributed by atoms with Gasteiger partial charge in [-0.15, -0.1) is 0 Å². The van der Waals surface area contributed by atoms with Gasteiger partial charge >= 0.3 is 5.97 Å². The molecule has 2 aromatic heterocycles. The Morgan fingerprint density at radius 3 is 2.77 bits per heavy atom. The Morgan fingerprint density at radius 1 is 1.09 bits per heavy atom. The Balaban J connectivity index is 1.41. The maximum atomic E-state index is 12.2. The molecule has 4 aromatic rings. The molecule has 35 heavy (non-hydrogen) atoms. The summed E-state index contributed by atoms with van der Waals surface area (Å²) in [4.78, 5) is 28.1. The first-order valence-corrected chi connectivity index (χ1v) is 12.0. The van der Waals surface area contributed by atoms with E-state index in [0.29, 0.717) is 17.9 Å². The second-order valence-electron chi connectivity index (χ2n) is 8.91. The molecular weight excluding hydrogens is 438 g/mol. The van der Waals surface area contributed by atoms with Gasteiger partial charge < -0.3 is 10.1 Å². The van der Waals surface area contributed by atoms with Crippen molar-refractivity contribution in [1.29, 1.82) is 0 Å². The standard InChI is InChI=1S/C28H29N5O2/c1-19-22(21-9-4-3-5-10-21)11-8-12-23(19)32-27-26-24(30-18-31-27)15-20(16-29-26)17-33-14-7-6-13-25(33)28(34)35-2/h3-5,8-12,15-16,18,25H,6-7,13-14,17H2,1-2H3,(H,30,31,32). The van der Waals surface area contributed by atoms with E-state index in [4.69, 9.17) is 9.72 Å². The van der Waals surface area contributed by atoms with Crippen molar-refractivity contribution in [3.8, 4) is 11.1 Å². The number of anilines is 2. The number of rotatable bonds is 6. The molecule has 0 amide bonds. The highest BCUT2D eigenvalue weighted by Crippen LogP contribution is 2.31. The first-order chi connectivity index (χ1) is 17.1. The number of ether oxygens (including phenoxy) is 1. The van der Waals surface area contributed by atoms with Crippen LogP contribution in [0.5, 0.6) is 0 Å². The highest BCUT2D eigenvalue weighted by molar-refractivity contribution is 5.88. The molecule has 1 fully saturated rings. The van der Waals surface area contributed by atoms with Gasteiger partial charge in [0.2, 0.25) is 0 Å². The van der Waals surface area contributed by atoms with E-state index in [1.807, 2.05) is 42.6 Å². The Kier molecular flexibility index (Phi) is 6.68. The summed E-state index contributed by atoms with van der Waals surface area (Å²) in [7, 11) is 1.45. The predicted octanol–water partition coefficient (Wildman–Crippen LogP) is 5.27. The molecule has 7 nitrogen and oxygen atoms in total. The zero-order chi connectivity index (χ0) is 24.2. The largest absolute Gasteiger partial charge is 0.468 e. The van der Waals surface area contributed by atoms with Crippen LogP contribution in [-0.2, 0) is 16.1 Å². The minimum atomic E-state index is -0.202. The first kappa shape index (κ1) is 22.9. The van der Waals surface area contributed by atoms with Crippen molar-refractivity contribution < 1.29 is 9.53 Å². The molecule has 178 valence electrons. The van der Waals surface area contributed by atoms with Crippen LogP contribution in [0.25, 0.3) is 22.2 Å². The van der Waals surface area contributed by atoms with E-state index in [9.17, 15) is 4.79 Å². The topological polar surface area (TPSA) is 80.2 Å². The lowest BCUT2D eigenvalue weighted by Gasteiger charge is -2.33. The van der Waals surface area contributed by atoms with Crippen LogP contribution in [0.15, 0.2) is 67.1 Å². The normalized spacial score (nSPS) is 16.2. The molecule has 0 aliphatic carbocycles. The summed E-state index contributed by atoms with van der Waals surface area (Å²) < 4.78 is 5.02. The number of aromatic nitrogens is 3.